The van der Waals surface area contributed by atoms with Crippen molar-refractivity contribution in [2.24, 2.45) is 0 Å². The number of hydrogen-bond donors (Lipinski definition) is 1. The van der Waals surface area contributed by atoms with E-state index in [1.54, 1.807) is 12.3 Å². The number of hydrogen-bond acceptors (Lipinski definition) is 4. The molecule has 0 aliphatic carbocycles. The molecule has 6 heteroatoms. The Kier molecular flexibility index (Phi) is 5.72. The first kappa shape index (κ1) is 15.9. The summed E-state index contributed by atoms with van der Waals surface area (Å²) in [5.74, 6) is -0.156. The molecule has 19 heavy (non-hydrogen) atoms. The Morgan fingerprint density at radius 2 is 2.11 bits per heavy atom. The minimum absolute atomic E-state index is 0. The molecule has 0 radical (unpaired) electrons. The van der Waals surface area contributed by atoms with Crippen LogP contribution in [0.3, 0.4) is 0 Å². The molecule has 0 bridgehead atoms. The number of nitrogens with two attached hydrogens (primary N) is 1. The smallest absolute Gasteiger partial charge is 0.180 e. The van der Waals surface area contributed by atoms with Crippen LogP contribution in [0.1, 0.15) is 16.0 Å². The zero-order valence-corrected chi connectivity index (χ0v) is 12.5. The minimum atomic E-state index is -0.156. The van der Waals surface area contributed by atoms with Crippen molar-refractivity contribution < 1.29 is 4.39 Å². The molecule has 0 saturated carbocycles. The molecule has 104 valence electrons. The van der Waals surface area contributed by atoms with E-state index in [0.29, 0.717) is 11.7 Å². The van der Waals surface area contributed by atoms with Gasteiger partial charge in [-0.05, 0) is 20.0 Å². The van der Waals surface area contributed by atoms with E-state index in [-0.39, 0.29) is 18.2 Å². The van der Waals surface area contributed by atoms with E-state index in [9.17, 15) is 4.39 Å². The summed E-state index contributed by atoms with van der Waals surface area (Å²) >= 11 is 1.47. The van der Waals surface area contributed by atoms with E-state index in [1.165, 1.54) is 17.4 Å². The predicted molar refractivity (Wildman–Crippen MR) is 80.1 cm³/mol. The second-order valence-corrected chi connectivity index (χ2v) is 5.58. The van der Waals surface area contributed by atoms with Crippen molar-refractivity contribution in [2.75, 3.05) is 12.8 Å². The lowest BCUT2D eigenvalue weighted by Crippen LogP contribution is -2.17. The molecule has 0 saturated heterocycles. The third kappa shape index (κ3) is 4.45. The Bertz CT molecular complexity index is 544. The molecule has 0 aliphatic heterocycles. The van der Waals surface area contributed by atoms with Crippen molar-refractivity contribution in [1.29, 1.82) is 0 Å². The molecule has 0 unspecified atom stereocenters. The molecule has 0 spiro atoms. The topological polar surface area (TPSA) is 42.2 Å². The zero-order valence-electron chi connectivity index (χ0n) is 10.9. The third-order valence-corrected chi connectivity index (χ3v) is 3.45. The number of aryl methyl sites for hydroxylation is 1. The summed E-state index contributed by atoms with van der Waals surface area (Å²) in [5, 5.41) is 0.570. The summed E-state index contributed by atoms with van der Waals surface area (Å²) in [5.41, 5.74) is 7.37. The van der Waals surface area contributed by atoms with Gasteiger partial charge in [-0.2, -0.15) is 0 Å². The van der Waals surface area contributed by atoms with Gasteiger partial charge in [-0.3, -0.25) is 4.90 Å². The van der Waals surface area contributed by atoms with Crippen molar-refractivity contribution in [3.05, 3.63) is 46.2 Å². The standard InChI is InChI=1S/C13H16FN3S.ClH/c1-9-3-4-12(14)10(5-9)7-17(2)8-11-6-16-13(15)18-11;/h3-6H,7-8H2,1-2H3,(H2,15,16);1H. The van der Waals surface area contributed by atoms with Gasteiger partial charge in [-0.25, -0.2) is 9.37 Å². The van der Waals surface area contributed by atoms with E-state index < -0.39 is 0 Å². The first-order valence-electron chi connectivity index (χ1n) is 5.68. The van der Waals surface area contributed by atoms with Crippen LogP contribution in [0.25, 0.3) is 0 Å². The lowest BCUT2D eigenvalue weighted by Gasteiger charge is -2.16. The fraction of sp³-hybridized carbons (Fsp3) is 0.308. The molecule has 2 rings (SSSR count). The van der Waals surface area contributed by atoms with E-state index in [2.05, 4.69) is 4.98 Å². The van der Waals surface area contributed by atoms with Crippen LogP contribution in [-0.2, 0) is 13.1 Å². The van der Waals surface area contributed by atoms with Gasteiger partial charge in [0.15, 0.2) is 5.13 Å². The van der Waals surface area contributed by atoms with Gasteiger partial charge < -0.3 is 5.73 Å². The average molecular weight is 302 g/mol. The highest BCUT2D eigenvalue weighted by molar-refractivity contribution is 7.15. The summed E-state index contributed by atoms with van der Waals surface area (Å²) in [6.07, 6.45) is 1.77. The van der Waals surface area contributed by atoms with E-state index in [1.807, 2.05) is 24.9 Å². The fourth-order valence-electron chi connectivity index (χ4n) is 1.83. The van der Waals surface area contributed by atoms with Crippen molar-refractivity contribution in [3.8, 4) is 0 Å². The van der Waals surface area contributed by atoms with Crippen LogP contribution in [0.5, 0.6) is 0 Å². The lowest BCUT2D eigenvalue weighted by molar-refractivity contribution is 0.316. The largest absolute Gasteiger partial charge is 0.375 e. The van der Waals surface area contributed by atoms with Crippen LogP contribution in [0.15, 0.2) is 24.4 Å². The summed E-state index contributed by atoms with van der Waals surface area (Å²) < 4.78 is 13.6. The van der Waals surface area contributed by atoms with E-state index in [4.69, 9.17) is 5.73 Å². The highest BCUT2D eigenvalue weighted by Crippen LogP contribution is 2.18. The minimum Gasteiger partial charge on any atom is -0.375 e. The van der Waals surface area contributed by atoms with Crippen LogP contribution in [0, 0.1) is 12.7 Å². The van der Waals surface area contributed by atoms with Crippen molar-refractivity contribution >= 4 is 28.9 Å². The molecule has 3 nitrogen and oxygen atoms in total. The third-order valence-electron chi connectivity index (χ3n) is 2.64. The highest BCUT2D eigenvalue weighted by Gasteiger charge is 2.08. The van der Waals surface area contributed by atoms with Crippen LogP contribution in [-0.4, -0.2) is 16.9 Å². The SMILES string of the molecule is Cc1ccc(F)c(CN(C)Cc2cnc(N)s2)c1.Cl. The van der Waals surface area contributed by atoms with Gasteiger partial charge in [0.2, 0.25) is 0 Å². The number of benzene rings is 1. The fourth-order valence-corrected chi connectivity index (χ4v) is 2.60. The average Bonchev–Trinajstić information content (AvgIpc) is 2.69. The van der Waals surface area contributed by atoms with Crippen molar-refractivity contribution in [2.45, 2.75) is 20.0 Å². The summed E-state index contributed by atoms with van der Waals surface area (Å²) in [4.78, 5) is 7.14. The molecule has 0 fully saturated rings. The quantitative estimate of drug-likeness (QED) is 0.943. The predicted octanol–water partition coefficient (Wildman–Crippen LogP) is 3.23. The van der Waals surface area contributed by atoms with Crippen LogP contribution in [0.4, 0.5) is 9.52 Å². The maximum absolute atomic E-state index is 13.6. The number of nitrogen functional groups attached to an aromatic ring is 1. The van der Waals surface area contributed by atoms with E-state index in [0.717, 1.165) is 22.5 Å². The number of halogens is 2. The van der Waals surface area contributed by atoms with E-state index >= 15 is 0 Å². The van der Waals surface area contributed by atoms with Gasteiger partial charge in [0, 0.05) is 29.7 Å². The van der Waals surface area contributed by atoms with Gasteiger partial charge in [-0.15, -0.1) is 23.7 Å². The second-order valence-electron chi connectivity index (χ2n) is 4.43. The van der Waals surface area contributed by atoms with Gasteiger partial charge in [0.05, 0.1) is 0 Å². The second kappa shape index (κ2) is 6.84. The molecule has 1 heterocycles. The molecule has 2 aromatic rings. The molecule has 2 N–H and O–H groups in total. The Morgan fingerprint density at radius 1 is 1.37 bits per heavy atom. The summed E-state index contributed by atoms with van der Waals surface area (Å²) in [6, 6.07) is 5.18. The molecule has 1 aromatic heterocycles. The Labute approximate surface area is 122 Å². The van der Waals surface area contributed by atoms with Crippen LogP contribution < -0.4 is 5.73 Å². The monoisotopic (exact) mass is 301 g/mol. The number of anilines is 1. The zero-order chi connectivity index (χ0) is 13.1. The van der Waals surface area contributed by atoms with Gasteiger partial charge in [0.25, 0.3) is 0 Å². The van der Waals surface area contributed by atoms with Gasteiger partial charge in [-0.1, -0.05) is 17.7 Å². The Hall–Kier alpha value is -1.17. The molecule has 0 atom stereocenters. The van der Waals surface area contributed by atoms with Crippen LogP contribution in [0.2, 0.25) is 0 Å². The lowest BCUT2D eigenvalue weighted by atomic mass is 10.1. The first-order chi connectivity index (χ1) is 8.54. The molecule has 0 amide bonds. The van der Waals surface area contributed by atoms with Crippen molar-refractivity contribution in [1.82, 2.24) is 9.88 Å². The normalized spacial score (nSPS) is 10.5. The summed E-state index contributed by atoms with van der Waals surface area (Å²) in [6.45, 7) is 3.26. The molecular weight excluding hydrogens is 285 g/mol. The molecule has 1 aromatic carbocycles. The maximum Gasteiger partial charge on any atom is 0.180 e. The Balaban J connectivity index is 0.00000180. The maximum atomic E-state index is 13.6. The molecular formula is C13H17ClFN3S. The summed E-state index contributed by atoms with van der Waals surface area (Å²) in [7, 11) is 1.96. The van der Waals surface area contributed by atoms with Crippen molar-refractivity contribution in [3.63, 3.8) is 0 Å². The molecule has 0 aliphatic rings. The first-order valence-corrected chi connectivity index (χ1v) is 6.50. The number of rotatable bonds is 4. The number of nitrogens with zero attached hydrogens (tertiary/aromatic N) is 2. The Morgan fingerprint density at radius 3 is 2.74 bits per heavy atom. The van der Waals surface area contributed by atoms with Crippen LogP contribution >= 0.6 is 23.7 Å². The number of aromatic nitrogens is 1. The van der Waals surface area contributed by atoms with Gasteiger partial charge >= 0.3 is 0 Å². The van der Waals surface area contributed by atoms with Gasteiger partial charge in [0.1, 0.15) is 5.82 Å². The number of thiazole rings is 1. The highest BCUT2D eigenvalue weighted by atomic mass is 35.5.